The number of rotatable bonds is 8. The molecule has 6 heteroatoms. The Morgan fingerprint density at radius 1 is 1.07 bits per heavy atom. The minimum absolute atomic E-state index is 0.169. The van der Waals surface area contributed by atoms with Crippen molar-refractivity contribution >= 4 is 51.5 Å². The van der Waals surface area contributed by atoms with Gasteiger partial charge in [-0.2, -0.15) is 0 Å². The number of nitrogens with one attached hydrogen (secondary N) is 1. The highest BCUT2D eigenvalue weighted by atomic mass is 35.5. The lowest BCUT2D eigenvalue weighted by molar-refractivity contribution is -0.131. The van der Waals surface area contributed by atoms with E-state index in [2.05, 4.69) is 40.7 Å². The van der Waals surface area contributed by atoms with Gasteiger partial charge in [-0.1, -0.05) is 29.8 Å². The topological polar surface area (TPSA) is 36.1 Å². The zero-order chi connectivity index (χ0) is 20.1. The van der Waals surface area contributed by atoms with Crippen LogP contribution in [0.25, 0.3) is 10.9 Å². The van der Waals surface area contributed by atoms with E-state index < -0.39 is 0 Å². The number of carbonyl (C=O) groups is 1. The van der Waals surface area contributed by atoms with Gasteiger partial charge >= 0.3 is 0 Å². The van der Waals surface area contributed by atoms with Crippen molar-refractivity contribution in [2.75, 3.05) is 5.75 Å². The predicted octanol–water partition coefficient (Wildman–Crippen LogP) is 6.59. The molecule has 4 rings (SSSR count). The van der Waals surface area contributed by atoms with Crippen LogP contribution in [-0.4, -0.2) is 21.5 Å². The van der Waals surface area contributed by atoms with E-state index in [0.717, 1.165) is 26.8 Å². The van der Waals surface area contributed by atoms with E-state index >= 15 is 0 Å². The van der Waals surface area contributed by atoms with Gasteiger partial charge in [0, 0.05) is 45.2 Å². The molecule has 0 saturated heterocycles. The first-order chi connectivity index (χ1) is 14.2. The Morgan fingerprint density at radius 3 is 2.83 bits per heavy atom. The van der Waals surface area contributed by atoms with Crippen LogP contribution in [0.1, 0.15) is 16.9 Å². The van der Waals surface area contributed by atoms with E-state index in [9.17, 15) is 4.79 Å². The van der Waals surface area contributed by atoms with E-state index in [1.165, 1.54) is 10.3 Å². The summed E-state index contributed by atoms with van der Waals surface area (Å²) in [5, 5.41) is 3.95. The number of H-pyrrole nitrogens is 1. The number of thiophene rings is 1. The van der Waals surface area contributed by atoms with Crippen molar-refractivity contribution in [3.8, 4) is 0 Å². The van der Waals surface area contributed by atoms with E-state index in [-0.39, 0.29) is 5.91 Å². The maximum atomic E-state index is 13.0. The fraction of sp³-hybridized carbons (Fsp3) is 0.174. The van der Waals surface area contributed by atoms with E-state index in [1.54, 1.807) is 23.1 Å². The SMILES string of the molecule is O=C(CCSc1cccc(Cl)c1)N(Cc1ccc2[nH]ccc2c1)Cc1cccs1. The second kappa shape index (κ2) is 9.53. The quantitative estimate of drug-likeness (QED) is 0.313. The molecule has 0 fully saturated rings. The summed E-state index contributed by atoms with van der Waals surface area (Å²) < 4.78 is 0. The van der Waals surface area contributed by atoms with E-state index in [4.69, 9.17) is 11.6 Å². The number of halogens is 1. The maximum Gasteiger partial charge on any atom is 0.224 e. The van der Waals surface area contributed by atoms with Gasteiger partial charge in [0.2, 0.25) is 5.91 Å². The molecule has 0 bridgehead atoms. The Morgan fingerprint density at radius 2 is 2.00 bits per heavy atom. The molecular formula is C23H21ClN2OS2. The van der Waals surface area contributed by atoms with Gasteiger partial charge in [0.05, 0.1) is 6.54 Å². The molecule has 0 radical (unpaired) electrons. The number of aromatic nitrogens is 1. The number of carbonyl (C=O) groups excluding carboxylic acids is 1. The molecule has 0 spiro atoms. The normalized spacial score (nSPS) is 11.1. The van der Waals surface area contributed by atoms with Crippen molar-refractivity contribution in [3.05, 3.63) is 87.7 Å². The summed E-state index contributed by atoms with van der Waals surface area (Å²) in [6.07, 6.45) is 2.44. The van der Waals surface area contributed by atoms with Gasteiger partial charge in [-0.25, -0.2) is 0 Å². The third-order valence-electron chi connectivity index (χ3n) is 4.65. The van der Waals surface area contributed by atoms with Gasteiger partial charge in [0.1, 0.15) is 0 Å². The number of thioether (sulfide) groups is 1. The number of fused-ring (bicyclic) bond motifs is 1. The highest BCUT2D eigenvalue weighted by Crippen LogP contribution is 2.24. The number of amides is 1. The fourth-order valence-electron chi connectivity index (χ4n) is 3.22. The lowest BCUT2D eigenvalue weighted by Crippen LogP contribution is -2.30. The number of aromatic amines is 1. The molecule has 0 atom stereocenters. The maximum absolute atomic E-state index is 13.0. The van der Waals surface area contributed by atoms with Crippen LogP contribution in [0.5, 0.6) is 0 Å². The third kappa shape index (κ3) is 5.44. The van der Waals surface area contributed by atoms with Crippen LogP contribution in [0.4, 0.5) is 0 Å². The number of hydrogen-bond donors (Lipinski definition) is 1. The summed E-state index contributed by atoms with van der Waals surface area (Å²) in [5.74, 6) is 0.902. The Kier molecular flexibility index (Phi) is 6.60. The molecule has 4 aromatic rings. The highest BCUT2D eigenvalue weighted by Gasteiger charge is 2.16. The van der Waals surface area contributed by atoms with Crippen molar-refractivity contribution in [1.82, 2.24) is 9.88 Å². The van der Waals surface area contributed by atoms with Crippen LogP contribution in [0.3, 0.4) is 0 Å². The second-order valence-corrected chi connectivity index (χ2v) is 9.42. The van der Waals surface area contributed by atoms with Crippen molar-refractivity contribution in [2.24, 2.45) is 0 Å². The first kappa shape index (κ1) is 20.1. The molecule has 0 aliphatic heterocycles. The predicted molar refractivity (Wildman–Crippen MR) is 124 cm³/mol. The van der Waals surface area contributed by atoms with Crippen LogP contribution in [0, 0.1) is 0 Å². The molecule has 2 aromatic carbocycles. The Bertz CT molecular complexity index is 1090. The fourth-order valence-corrected chi connectivity index (χ4v) is 5.09. The van der Waals surface area contributed by atoms with Crippen molar-refractivity contribution in [3.63, 3.8) is 0 Å². The molecule has 1 amide bonds. The van der Waals surface area contributed by atoms with Crippen LogP contribution in [-0.2, 0) is 17.9 Å². The molecule has 0 saturated carbocycles. The molecule has 1 N–H and O–H groups in total. The van der Waals surface area contributed by atoms with E-state index in [1.807, 2.05) is 41.4 Å². The summed E-state index contributed by atoms with van der Waals surface area (Å²) in [6, 6.07) is 20.3. The van der Waals surface area contributed by atoms with Crippen molar-refractivity contribution < 1.29 is 4.79 Å². The summed E-state index contributed by atoms with van der Waals surface area (Å²) >= 11 is 9.40. The molecule has 2 heterocycles. The molecule has 2 aromatic heterocycles. The Hall–Kier alpha value is -2.21. The largest absolute Gasteiger partial charge is 0.361 e. The first-order valence-electron chi connectivity index (χ1n) is 9.42. The van der Waals surface area contributed by atoms with Crippen LogP contribution in [0.15, 0.2) is 77.1 Å². The van der Waals surface area contributed by atoms with Crippen LogP contribution < -0.4 is 0 Å². The van der Waals surface area contributed by atoms with Gasteiger partial charge in [0.15, 0.2) is 0 Å². The summed E-state index contributed by atoms with van der Waals surface area (Å²) in [6.45, 7) is 1.25. The van der Waals surface area contributed by atoms with Crippen molar-refractivity contribution in [1.29, 1.82) is 0 Å². The molecule has 0 aliphatic carbocycles. The van der Waals surface area contributed by atoms with Crippen LogP contribution in [0.2, 0.25) is 5.02 Å². The van der Waals surface area contributed by atoms with Gasteiger partial charge in [-0.05, 0) is 58.8 Å². The smallest absolute Gasteiger partial charge is 0.224 e. The minimum Gasteiger partial charge on any atom is -0.361 e. The molecular weight excluding hydrogens is 420 g/mol. The summed E-state index contributed by atoms with van der Waals surface area (Å²) in [5.41, 5.74) is 2.26. The van der Waals surface area contributed by atoms with Gasteiger partial charge in [0.25, 0.3) is 0 Å². The molecule has 148 valence electrons. The average molecular weight is 441 g/mol. The zero-order valence-corrected chi connectivity index (χ0v) is 18.2. The number of nitrogens with zero attached hydrogens (tertiary/aromatic N) is 1. The molecule has 3 nitrogen and oxygen atoms in total. The average Bonchev–Trinajstić information content (AvgIpc) is 3.39. The molecule has 0 aliphatic rings. The number of hydrogen-bond acceptors (Lipinski definition) is 3. The first-order valence-corrected chi connectivity index (χ1v) is 11.7. The lowest BCUT2D eigenvalue weighted by atomic mass is 10.1. The highest BCUT2D eigenvalue weighted by molar-refractivity contribution is 7.99. The zero-order valence-electron chi connectivity index (χ0n) is 15.8. The second-order valence-electron chi connectivity index (χ2n) is 6.78. The lowest BCUT2D eigenvalue weighted by Gasteiger charge is -2.22. The Labute approximate surface area is 183 Å². The Balaban J connectivity index is 1.43. The number of benzene rings is 2. The molecule has 29 heavy (non-hydrogen) atoms. The molecule has 0 unspecified atom stereocenters. The third-order valence-corrected chi connectivity index (χ3v) is 6.74. The van der Waals surface area contributed by atoms with E-state index in [0.29, 0.717) is 19.5 Å². The van der Waals surface area contributed by atoms with Gasteiger partial charge in [-0.3, -0.25) is 4.79 Å². The van der Waals surface area contributed by atoms with Crippen molar-refractivity contribution in [2.45, 2.75) is 24.4 Å². The van der Waals surface area contributed by atoms with Crippen LogP contribution >= 0.6 is 34.7 Å². The van der Waals surface area contributed by atoms with Gasteiger partial charge < -0.3 is 9.88 Å². The minimum atomic E-state index is 0.169. The standard InChI is InChI=1S/C23H21ClN2OS2/c24-19-3-1-4-20(14-19)29-12-9-23(27)26(16-21-5-2-11-28-21)15-17-6-7-22-18(13-17)8-10-25-22/h1-8,10-11,13-14,25H,9,12,15-16H2. The monoisotopic (exact) mass is 440 g/mol. The van der Waals surface area contributed by atoms with Gasteiger partial charge in [-0.15, -0.1) is 23.1 Å². The summed E-state index contributed by atoms with van der Waals surface area (Å²) in [4.78, 5) is 20.5. The summed E-state index contributed by atoms with van der Waals surface area (Å²) in [7, 11) is 0.